The predicted molar refractivity (Wildman–Crippen MR) is 112 cm³/mol. The Balaban J connectivity index is 1.23. The molecule has 4 rings (SSSR count). The van der Waals surface area contributed by atoms with Crippen LogP contribution in [-0.2, 0) is 16.0 Å². The minimum Gasteiger partial charge on any atom is -0.356 e. The van der Waals surface area contributed by atoms with Gasteiger partial charge in [0.15, 0.2) is 0 Å². The number of aryl methyl sites for hydroxylation is 1. The number of para-hydroxylation sites is 1. The summed E-state index contributed by atoms with van der Waals surface area (Å²) in [4.78, 5) is 41.3. The second kappa shape index (κ2) is 9.21. The summed E-state index contributed by atoms with van der Waals surface area (Å²) in [5.74, 6) is -0.135. The Bertz CT molecular complexity index is 1100. The first-order valence-corrected chi connectivity index (χ1v) is 9.95. The van der Waals surface area contributed by atoms with E-state index in [1.165, 1.54) is 0 Å². The molecule has 31 heavy (non-hydrogen) atoms. The second-order valence-electron chi connectivity index (χ2n) is 7.10. The highest BCUT2D eigenvalue weighted by atomic mass is 16.5. The number of carbonyl (C=O) groups excluding carboxylic acids is 3. The molecule has 0 saturated heterocycles. The van der Waals surface area contributed by atoms with Gasteiger partial charge in [-0.2, -0.15) is 4.98 Å². The Morgan fingerprint density at radius 2 is 1.84 bits per heavy atom. The molecule has 1 aliphatic rings. The monoisotopic (exact) mass is 419 g/mol. The number of hydrogen-bond donors (Lipinski definition) is 3. The van der Waals surface area contributed by atoms with Crippen LogP contribution in [0.25, 0.3) is 11.4 Å². The van der Waals surface area contributed by atoms with E-state index in [-0.39, 0.29) is 12.3 Å². The zero-order chi connectivity index (χ0) is 21.6. The normalized spacial score (nSPS) is 15.4. The molecular formula is C22H21N5O4. The Hall–Kier alpha value is -4.01. The van der Waals surface area contributed by atoms with E-state index in [2.05, 4.69) is 26.1 Å². The third-order valence-corrected chi connectivity index (χ3v) is 4.83. The van der Waals surface area contributed by atoms with Crippen LogP contribution in [0.3, 0.4) is 0 Å². The molecule has 1 aromatic heterocycles. The fourth-order valence-corrected chi connectivity index (χ4v) is 3.24. The van der Waals surface area contributed by atoms with Crippen LogP contribution < -0.4 is 16.0 Å². The van der Waals surface area contributed by atoms with Crippen molar-refractivity contribution >= 4 is 23.4 Å². The van der Waals surface area contributed by atoms with Crippen molar-refractivity contribution in [1.29, 1.82) is 0 Å². The maximum atomic E-state index is 12.4. The van der Waals surface area contributed by atoms with Crippen molar-refractivity contribution in [1.82, 2.24) is 20.8 Å². The lowest BCUT2D eigenvalue weighted by Crippen LogP contribution is -2.44. The summed E-state index contributed by atoms with van der Waals surface area (Å²) < 4.78 is 5.24. The zero-order valence-electron chi connectivity index (χ0n) is 16.6. The summed E-state index contributed by atoms with van der Waals surface area (Å²) >= 11 is 0. The third kappa shape index (κ3) is 4.95. The van der Waals surface area contributed by atoms with E-state index in [1.807, 2.05) is 30.3 Å². The molecule has 3 N–H and O–H groups in total. The maximum absolute atomic E-state index is 12.4. The number of nitrogens with one attached hydrogen (secondary N) is 3. The van der Waals surface area contributed by atoms with E-state index in [0.29, 0.717) is 42.4 Å². The number of nitrogens with zero attached hydrogens (tertiary/aromatic N) is 2. The summed E-state index contributed by atoms with van der Waals surface area (Å²) in [6, 6.07) is 15.3. The third-order valence-electron chi connectivity index (χ3n) is 4.83. The topological polar surface area (TPSA) is 126 Å². The lowest BCUT2D eigenvalue weighted by Gasteiger charge is -2.14. The number of amides is 3. The molecule has 9 heteroatoms. The summed E-state index contributed by atoms with van der Waals surface area (Å²) in [5, 5.41) is 12.0. The first-order chi connectivity index (χ1) is 15.1. The van der Waals surface area contributed by atoms with E-state index >= 15 is 0 Å². The standard InChI is InChI=1S/C22H21N5O4/c28-18(13-17-22(30)24-16-10-5-4-9-15(16)21(29)25-17)23-12-6-11-19-26-20(27-31-19)14-7-2-1-3-8-14/h1-5,7-10,17H,6,11-13H2,(H,23,28)(H,24,30)(H,25,29)/t17-/m1/s1. The van der Waals surface area contributed by atoms with Gasteiger partial charge in [-0.1, -0.05) is 47.6 Å². The van der Waals surface area contributed by atoms with Gasteiger partial charge in [0.25, 0.3) is 5.91 Å². The minimum atomic E-state index is -0.940. The van der Waals surface area contributed by atoms with E-state index in [0.717, 1.165) is 5.56 Å². The van der Waals surface area contributed by atoms with E-state index in [4.69, 9.17) is 4.52 Å². The molecule has 9 nitrogen and oxygen atoms in total. The zero-order valence-corrected chi connectivity index (χ0v) is 16.6. The molecule has 0 fully saturated rings. The van der Waals surface area contributed by atoms with Crippen LogP contribution in [-0.4, -0.2) is 40.4 Å². The van der Waals surface area contributed by atoms with Crippen LogP contribution in [0.2, 0.25) is 0 Å². The summed E-state index contributed by atoms with van der Waals surface area (Å²) in [5.41, 5.74) is 1.67. The highest BCUT2D eigenvalue weighted by molar-refractivity contribution is 6.10. The quantitative estimate of drug-likeness (QED) is 0.502. The molecule has 0 radical (unpaired) electrons. The molecule has 158 valence electrons. The Morgan fingerprint density at radius 3 is 2.68 bits per heavy atom. The molecule has 2 heterocycles. The van der Waals surface area contributed by atoms with Crippen molar-refractivity contribution < 1.29 is 18.9 Å². The summed E-state index contributed by atoms with van der Waals surface area (Å²) in [7, 11) is 0. The van der Waals surface area contributed by atoms with Gasteiger partial charge in [0, 0.05) is 18.5 Å². The van der Waals surface area contributed by atoms with Gasteiger partial charge in [-0.15, -0.1) is 0 Å². The van der Waals surface area contributed by atoms with Crippen LogP contribution in [0.5, 0.6) is 0 Å². The molecule has 3 aromatic rings. The van der Waals surface area contributed by atoms with Gasteiger partial charge in [-0.25, -0.2) is 0 Å². The summed E-state index contributed by atoms with van der Waals surface area (Å²) in [6.07, 6.45) is 0.956. The SMILES string of the molecule is O=C(C[C@H]1NC(=O)c2ccccc2NC1=O)NCCCc1nc(-c2ccccc2)no1. The fraction of sp³-hybridized carbons (Fsp3) is 0.227. The molecular weight excluding hydrogens is 398 g/mol. The van der Waals surface area contributed by atoms with E-state index in [9.17, 15) is 14.4 Å². The maximum Gasteiger partial charge on any atom is 0.254 e. The Kier molecular flexibility index (Phi) is 6.02. The van der Waals surface area contributed by atoms with Crippen molar-refractivity contribution in [3.63, 3.8) is 0 Å². The van der Waals surface area contributed by atoms with Gasteiger partial charge in [0.05, 0.1) is 17.7 Å². The van der Waals surface area contributed by atoms with Crippen LogP contribution in [0, 0.1) is 0 Å². The average Bonchev–Trinajstić information content (AvgIpc) is 3.22. The lowest BCUT2D eigenvalue weighted by molar-refractivity contribution is -0.125. The number of anilines is 1. The van der Waals surface area contributed by atoms with Gasteiger partial charge in [0.2, 0.25) is 23.5 Å². The molecule has 0 aliphatic carbocycles. The number of benzene rings is 2. The highest BCUT2D eigenvalue weighted by Crippen LogP contribution is 2.19. The Morgan fingerprint density at radius 1 is 1.06 bits per heavy atom. The van der Waals surface area contributed by atoms with Crippen molar-refractivity contribution in [3.05, 3.63) is 66.1 Å². The van der Waals surface area contributed by atoms with Crippen LogP contribution in [0.15, 0.2) is 59.1 Å². The Labute approximate surface area is 178 Å². The van der Waals surface area contributed by atoms with Gasteiger partial charge in [0.1, 0.15) is 6.04 Å². The molecule has 0 spiro atoms. The smallest absolute Gasteiger partial charge is 0.254 e. The molecule has 1 atom stereocenters. The average molecular weight is 419 g/mol. The number of rotatable bonds is 7. The summed E-state index contributed by atoms with van der Waals surface area (Å²) in [6.45, 7) is 0.379. The van der Waals surface area contributed by atoms with Crippen LogP contribution in [0.1, 0.15) is 29.1 Å². The van der Waals surface area contributed by atoms with E-state index < -0.39 is 17.9 Å². The largest absolute Gasteiger partial charge is 0.356 e. The van der Waals surface area contributed by atoms with Crippen molar-refractivity contribution in [2.24, 2.45) is 0 Å². The van der Waals surface area contributed by atoms with Gasteiger partial charge >= 0.3 is 0 Å². The van der Waals surface area contributed by atoms with Crippen LogP contribution >= 0.6 is 0 Å². The molecule has 1 aliphatic heterocycles. The van der Waals surface area contributed by atoms with Crippen LogP contribution in [0.4, 0.5) is 5.69 Å². The molecule has 3 amide bonds. The number of carbonyl (C=O) groups is 3. The first kappa shape index (κ1) is 20.3. The number of fused-ring (bicyclic) bond motifs is 1. The number of aromatic nitrogens is 2. The number of hydrogen-bond acceptors (Lipinski definition) is 6. The van der Waals surface area contributed by atoms with Gasteiger partial charge in [-0.3, -0.25) is 14.4 Å². The molecule has 2 aromatic carbocycles. The van der Waals surface area contributed by atoms with Crippen molar-refractivity contribution in [3.8, 4) is 11.4 Å². The first-order valence-electron chi connectivity index (χ1n) is 9.95. The molecule has 0 saturated carbocycles. The van der Waals surface area contributed by atoms with Crippen molar-refractivity contribution in [2.75, 3.05) is 11.9 Å². The predicted octanol–water partition coefficient (Wildman–Crippen LogP) is 1.93. The molecule has 0 bridgehead atoms. The molecule has 0 unspecified atom stereocenters. The highest BCUT2D eigenvalue weighted by Gasteiger charge is 2.29. The van der Waals surface area contributed by atoms with E-state index in [1.54, 1.807) is 24.3 Å². The minimum absolute atomic E-state index is 0.149. The van der Waals surface area contributed by atoms with Gasteiger partial charge in [-0.05, 0) is 18.6 Å². The fourth-order valence-electron chi connectivity index (χ4n) is 3.24. The van der Waals surface area contributed by atoms with Crippen molar-refractivity contribution in [2.45, 2.75) is 25.3 Å². The van der Waals surface area contributed by atoms with Gasteiger partial charge < -0.3 is 20.5 Å². The lowest BCUT2D eigenvalue weighted by atomic mass is 10.1. The second-order valence-corrected chi connectivity index (χ2v) is 7.10.